The Morgan fingerprint density at radius 2 is 1.73 bits per heavy atom. The number of nitrogens with one attached hydrogen (secondary N) is 1. The zero-order valence-corrected chi connectivity index (χ0v) is 18.3. The summed E-state index contributed by atoms with van der Waals surface area (Å²) >= 11 is 0. The summed E-state index contributed by atoms with van der Waals surface area (Å²) in [5.74, 6) is -0.364. The summed E-state index contributed by atoms with van der Waals surface area (Å²) < 4.78 is 8.88. The Morgan fingerprint density at radius 1 is 1.07 bits per heavy atom. The van der Waals surface area contributed by atoms with Crippen LogP contribution in [0.2, 0.25) is 0 Å². The lowest BCUT2D eigenvalue weighted by Gasteiger charge is -2.17. The summed E-state index contributed by atoms with van der Waals surface area (Å²) in [5.41, 5.74) is 3.21. The molecule has 3 aromatic rings. The molecule has 1 aromatic heterocycles. The minimum Gasteiger partial charge on any atom is -1.00 e. The third kappa shape index (κ3) is 5.83. The highest BCUT2D eigenvalue weighted by molar-refractivity contribution is 5.85. The Morgan fingerprint density at radius 3 is 2.40 bits per heavy atom. The van der Waals surface area contributed by atoms with E-state index >= 15 is 0 Å². The van der Waals surface area contributed by atoms with Crippen molar-refractivity contribution in [1.29, 1.82) is 0 Å². The van der Waals surface area contributed by atoms with E-state index in [-0.39, 0.29) is 30.8 Å². The molecule has 0 fully saturated rings. The number of aromatic nitrogens is 2. The van der Waals surface area contributed by atoms with Crippen molar-refractivity contribution in [1.82, 2.24) is 9.88 Å². The number of fused-ring (bicyclic) bond motifs is 1. The number of hydrogen-bond acceptors (Lipinski definition) is 3. The van der Waals surface area contributed by atoms with Crippen molar-refractivity contribution in [3.05, 3.63) is 66.5 Å². The molecule has 3 rings (SSSR count). The number of imidazole rings is 1. The molecule has 0 unspecified atom stereocenters. The number of benzene rings is 2. The quantitative estimate of drug-likeness (QED) is 0.394. The van der Waals surface area contributed by atoms with Crippen molar-refractivity contribution in [2.45, 2.75) is 39.4 Å². The molecule has 0 aliphatic carbocycles. The van der Waals surface area contributed by atoms with Crippen molar-refractivity contribution in [2.24, 2.45) is 5.92 Å². The number of esters is 1. The smallest absolute Gasteiger partial charge is 0.328 e. The maximum Gasteiger partial charge on any atom is 0.328 e. The lowest BCUT2D eigenvalue weighted by atomic mass is 10.0. The number of para-hydroxylation sites is 2. The third-order valence-electron chi connectivity index (χ3n) is 4.82. The topological polar surface area (TPSA) is 64.2 Å². The molecule has 160 valence electrons. The summed E-state index contributed by atoms with van der Waals surface area (Å²) in [7, 11) is 1.34. The molecule has 2 aromatic carbocycles. The average molecular weight is 430 g/mol. The number of carbonyl (C=O) groups excluding carboxylic acids is 2. The van der Waals surface area contributed by atoms with Crippen LogP contribution >= 0.6 is 0 Å². The van der Waals surface area contributed by atoms with Crippen molar-refractivity contribution in [3.8, 4) is 0 Å². The zero-order valence-electron chi connectivity index (χ0n) is 17.5. The van der Waals surface area contributed by atoms with Gasteiger partial charge in [-0.15, -0.1) is 0 Å². The summed E-state index contributed by atoms with van der Waals surface area (Å²) in [6.45, 7) is 4.87. The van der Waals surface area contributed by atoms with Gasteiger partial charge in [0.2, 0.25) is 6.33 Å². The van der Waals surface area contributed by atoms with Crippen LogP contribution in [0.3, 0.4) is 0 Å². The SMILES string of the molecule is COC(=O)[C@H](CC(C)C)NC(=O)Cn1c[n+](Cc2ccccc2)c2ccccc21.[Cl-]. The number of rotatable bonds is 8. The maximum atomic E-state index is 12.7. The van der Waals surface area contributed by atoms with E-state index in [1.54, 1.807) is 0 Å². The second-order valence-electron chi connectivity index (χ2n) is 7.62. The number of ether oxygens (including phenoxy) is 1. The molecule has 30 heavy (non-hydrogen) atoms. The largest absolute Gasteiger partial charge is 1.00 e. The number of hydrogen-bond donors (Lipinski definition) is 1. The molecule has 0 saturated heterocycles. The average Bonchev–Trinajstić information content (AvgIpc) is 3.04. The van der Waals surface area contributed by atoms with Gasteiger partial charge >= 0.3 is 5.97 Å². The fourth-order valence-electron chi connectivity index (χ4n) is 3.50. The van der Waals surface area contributed by atoms with Crippen LogP contribution in [0.15, 0.2) is 60.9 Å². The second kappa shape index (κ2) is 10.8. The van der Waals surface area contributed by atoms with Crippen LogP contribution in [0.25, 0.3) is 11.0 Å². The molecule has 7 heteroatoms. The Kier molecular flexibility index (Phi) is 8.42. The van der Waals surface area contributed by atoms with E-state index in [0.717, 1.165) is 11.0 Å². The Balaban J connectivity index is 0.00000320. The number of methoxy groups -OCH3 is 1. The summed E-state index contributed by atoms with van der Waals surface area (Å²) in [6.07, 6.45) is 2.49. The summed E-state index contributed by atoms with van der Waals surface area (Å²) in [4.78, 5) is 24.7. The molecule has 0 radical (unpaired) electrons. The Hall–Kier alpha value is -2.86. The van der Waals surface area contributed by atoms with E-state index < -0.39 is 12.0 Å². The molecular formula is C23H28ClN3O3. The van der Waals surface area contributed by atoms with Gasteiger partial charge in [-0.2, -0.15) is 0 Å². The van der Waals surface area contributed by atoms with Crippen molar-refractivity contribution >= 4 is 22.9 Å². The van der Waals surface area contributed by atoms with Gasteiger partial charge < -0.3 is 22.5 Å². The molecule has 1 amide bonds. The fraction of sp³-hybridized carbons (Fsp3) is 0.348. The van der Waals surface area contributed by atoms with E-state index in [0.29, 0.717) is 13.0 Å². The number of halogens is 1. The van der Waals surface area contributed by atoms with Crippen LogP contribution in [0.1, 0.15) is 25.8 Å². The van der Waals surface area contributed by atoms with Gasteiger partial charge in [0.15, 0.2) is 17.6 Å². The first-order valence-corrected chi connectivity index (χ1v) is 9.86. The van der Waals surface area contributed by atoms with Gasteiger partial charge in [-0.3, -0.25) is 4.79 Å². The first-order chi connectivity index (χ1) is 14.0. The molecule has 0 bridgehead atoms. The first-order valence-electron chi connectivity index (χ1n) is 9.86. The van der Waals surface area contributed by atoms with Crippen LogP contribution in [0.5, 0.6) is 0 Å². The van der Waals surface area contributed by atoms with E-state index in [1.807, 2.05) is 67.2 Å². The lowest BCUT2D eigenvalue weighted by molar-refractivity contribution is -0.663. The van der Waals surface area contributed by atoms with Gasteiger partial charge in [-0.05, 0) is 30.0 Å². The standard InChI is InChI=1S/C23H27N3O3.ClH/c1-17(2)13-19(23(28)29-3)24-22(27)15-26-16-25(14-18-9-5-4-6-10-18)20-11-7-8-12-21(20)26;/h4-12,16-17,19H,13-15H2,1-3H3;1H/t19-;/m0./s1. The van der Waals surface area contributed by atoms with Crippen molar-refractivity contribution in [3.63, 3.8) is 0 Å². The highest BCUT2D eigenvalue weighted by Crippen LogP contribution is 2.12. The molecule has 1 heterocycles. The highest BCUT2D eigenvalue weighted by atomic mass is 35.5. The molecule has 0 aliphatic rings. The third-order valence-corrected chi connectivity index (χ3v) is 4.82. The van der Waals surface area contributed by atoms with Gasteiger partial charge in [-0.1, -0.05) is 56.3 Å². The molecule has 0 saturated carbocycles. The maximum absolute atomic E-state index is 12.7. The van der Waals surface area contributed by atoms with Crippen LogP contribution < -0.4 is 22.3 Å². The van der Waals surface area contributed by atoms with E-state index in [2.05, 4.69) is 22.0 Å². The molecule has 0 spiro atoms. The van der Waals surface area contributed by atoms with Crippen LogP contribution in [-0.2, 0) is 27.4 Å². The molecule has 0 aliphatic heterocycles. The summed E-state index contributed by atoms with van der Waals surface area (Å²) in [6, 6.07) is 17.6. The van der Waals surface area contributed by atoms with Crippen LogP contribution in [-0.4, -0.2) is 29.6 Å². The van der Waals surface area contributed by atoms with Crippen LogP contribution in [0.4, 0.5) is 0 Å². The van der Waals surface area contributed by atoms with E-state index in [9.17, 15) is 9.59 Å². The number of carbonyl (C=O) groups is 2. The van der Waals surface area contributed by atoms with Crippen LogP contribution in [0, 0.1) is 5.92 Å². The predicted octanol–water partition coefficient (Wildman–Crippen LogP) is -0.315. The molecule has 1 atom stereocenters. The lowest BCUT2D eigenvalue weighted by Crippen LogP contribution is -3.00. The minimum atomic E-state index is -0.634. The van der Waals surface area contributed by atoms with Gasteiger partial charge in [0.05, 0.1) is 7.11 Å². The Labute approximate surface area is 183 Å². The predicted molar refractivity (Wildman–Crippen MR) is 111 cm³/mol. The van der Waals surface area contributed by atoms with E-state index in [1.165, 1.54) is 12.7 Å². The number of amides is 1. The molecular weight excluding hydrogens is 402 g/mol. The van der Waals surface area contributed by atoms with Gasteiger partial charge in [-0.25, -0.2) is 13.9 Å². The molecule has 1 N–H and O–H groups in total. The summed E-state index contributed by atoms with van der Waals surface area (Å²) in [5, 5.41) is 2.83. The fourth-order valence-corrected chi connectivity index (χ4v) is 3.50. The second-order valence-corrected chi connectivity index (χ2v) is 7.62. The Bertz CT molecular complexity index is 986. The number of nitrogens with zero attached hydrogens (tertiary/aromatic N) is 2. The zero-order chi connectivity index (χ0) is 20.8. The van der Waals surface area contributed by atoms with Crippen molar-refractivity contribution in [2.75, 3.05) is 7.11 Å². The van der Waals surface area contributed by atoms with E-state index in [4.69, 9.17) is 4.74 Å². The van der Waals surface area contributed by atoms with Gasteiger partial charge in [0.1, 0.15) is 12.6 Å². The minimum absolute atomic E-state index is 0. The molecule has 6 nitrogen and oxygen atoms in total. The van der Waals surface area contributed by atoms with Gasteiger partial charge in [0.25, 0.3) is 5.91 Å². The van der Waals surface area contributed by atoms with Gasteiger partial charge in [0, 0.05) is 0 Å². The highest BCUT2D eigenvalue weighted by Gasteiger charge is 2.24. The monoisotopic (exact) mass is 429 g/mol. The normalized spacial score (nSPS) is 11.7. The van der Waals surface area contributed by atoms with Crippen molar-refractivity contribution < 1.29 is 31.3 Å². The first kappa shape index (κ1) is 23.4.